The monoisotopic (exact) mass is 473 g/mol. The molecule has 7 nitrogen and oxygen atoms in total. The summed E-state index contributed by atoms with van der Waals surface area (Å²) in [5, 5.41) is 24.1. The van der Waals surface area contributed by atoms with E-state index in [-0.39, 0.29) is 30.7 Å². The maximum Gasteiger partial charge on any atom is 0.247 e. The quantitative estimate of drug-likeness (QED) is 0.227. The van der Waals surface area contributed by atoms with Crippen molar-refractivity contribution >= 4 is 11.6 Å². The molecule has 0 aliphatic rings. The fraction of sp³-hybridized carbons (Fsp3) is 0.208. The van der Waals surface area contributed by atoms with Crippen molar-refractivity contribution in [2.45, 2.75) is 25.9 Å². The minimum absolute atomic E-state index is 0.0126. The number of amides is 1. The van der Waals surface area contributed by atoms with Crippen LogP contribution in [-0.2, 0) is 11.3 Å². The van der Waals surface area contributed by atoms with Crippen LogP contribution in [0.25, 0.3) is 0 Å². The Balaban J connectivity index is 2.44. The second-order valence-electron chi connectivity index (χ2n) is 7.27. The number of halogens is 3. The van der Waals surface area contributed by atoms with Gasteiger partial charge in [-0.15, -0.1) is 0 Å². The lowest BCUT2D eigenvalue weighted by Crippen LogP contribution is -2.39. The number of aromatic nitrogens is 2. The van der Waals surface area contributed by atoms with Crippen LogP contribution in [0, 0.1) is 11.2 Å². The molecule has 10 heteroatoms. The molecule has 1 heterocycles. The molecule has 0 radical (unpaired) electrons. The lowest BCUT2D eigenvalue weighted by molar-refractivity contribution is -0.118. The average molecular weight is 473 g/mol. The zero-order valence-electron chi connectivity index (χ0n) is 18.6. The van der Waals surface area contributed by atoms with Crippen molar-refractivity contribution in [2.24, 2.45) is 5.73 Å². The van der Waals surface area contributed by atoms with Gasteiger partial charge in [0.05, 0.1) is 24.0 Å². The molecule has 0 saturated heterocycles. The standard InChI is InChI=1S/C24H26F3N5O2/c1-3-5-19(26)20(23(29)21(27)22(28)16-6-8-17(25)9-7-16)15(2)24(34)31-18(10-13-33)14-32-12-4-11-30-32/h3-9,11-12,18,28,33H,1,10,13-14,29H2,2H3,(H,31,34)/b19-5+,20-15-,23-21?,28-22?/t18-/m0/s1. The largest absolute Gasteiger partial charge is 0.396 e. The van der Waals surface area contributed by atoms with Crippen LogP contribution < -0.4 is 11.1 Å². The summed E-state index contributed by atoms with van der Waals surface area (Å²) >= 11 is 0. The van der Waals surface area contributed by atoms with Crippen molar-refractivity contribution in [1.29, 1.82) is 5.41 Å². The highest BCUT2D eigenvalue weighted by atomic mass is 19.1. The van der Waals surface area contributed by atoms with Crippen LogP contribution in [0.3, 0.4) is 0 Å². The van der Waals surface area contributed by atoms with Crippen LogP contribution in [-0.4, -0.2) is 39.2 Å². The summed E-state index contributed by atoms with van der Waals surface area (Å²) in [5.74, 6) is -3.65. The Morgan fingerprint density at radius 1 is 1.35 bits per heavy atom. The van der Waals surface area contributed by atoms with E-state index in [4.69, 9.17) is 11.1 Å². The number of carbonyl (C=O) groups is 1. The number of carbonyl (C=O) groups excluding carboxylic acids is 1. The van der Waals surface area contributed by atoms with Crippen molar-refractivity contribution in [3.63, 3.8) is 0 Å². The van der Waals surface area contributed by atoms with E-state index >= 15 is 4.39 Å². The van der Waals surface area contributed by atoms with Crippen molar-refractivity contribution < 1.29 is 23.1 Å². The first-order valence-corrected chi connectivity index (χ1v) is 10.3. The number of hydrogen-bond donors (Lipinski definition) is 4. The SMILES string of the molecule is C=C/C=C(F)\C(C(N)=C(F)C(=N)c1ccc(F)cc1)=C(/C)C(=O)N[C@@H](CCO)Cn1cccn1. The molecular formula is C24H26F3N5O2. The minimum atomic E-state index is -1.29. The lowest BCUT2D eigenvalue weighted by atomic mass is 9.99. The van der Waals surface area contributed by atoms with Gasteiger partial charge in [-0.05, 0) is 49.8 Å². The number of nitrogens with one attached hydrogen (secondary N) is 2. The molecule has 1 amide bonds. The van der Waals surface area contributed by atoms with Gasteiger partial charge in [0.15, 0.2) is 5.83 Å². The van der Waals surface area contributed by atoms with Crippen molar-refractivity contribution in [3.05, 3.63) is 101 Å². The summed E-state index contributed by atoms with van der Waals surface area (Å²) in [6, 6.07) is 5.58. The maximum absolute atomic E-state index is 15.1. The molecule has 2 aromatic rings. The zero-order valence-corrected chi connectivity index (χ0v) is 18.6. The molecule has 0 unspecified atom stereocenters. The van der Waals surface area contributed by atoms with Gasteiger partial charge in [0, 0.05) is 35.7 Å². The number of nitrogens with two attached hydrogens (primary N) is 1. The van der Waals surface area contributed by atoms with Gasteiger partial charge < -0.3 is 16.2 Å². The van der Waals surface area contributed by atoms with E-state index in [0.29, 0.717) is 0 Å². The van der Waals surface area contributed by atoms with Gasteiger partial charge in [-0.3, -0.25) is 14.9 Å². The molecule has 1 aromatic heterocycles. The van der Waals surface area contributed by atoms with Crippen LogP contribution in [0.2, 0.25) is 0 Å². The van der Waals surface area contributed by atoms with Crippen LogP contribution in [0.4, 0.5) is 13.2 Å². The third-order valence-electron chi connectivity index (χ3n) is 4.86. The van der Waals surface area contributed by atoms with Crippen LogP contribution in [0.5, 0.6) is 0 Å². The number of benzene rings is 1. The van der Waals surface area contributed by atoms with Gasteiger partial charge in [0.2, 0.25) is 5.91 Å². The van der Waals surface area contributed by atoms with E-state index in [0.717, 1.165) is 24.3 Å². The van der Waals surface area contributed by atoms with E-state index in [1.165, 1.54) is 19.1 Å². The topological polar surface area (TPSA) is 117 Å². The van der Waals surface area contributed by atoms with E-state index in [1.807, 2.05) is 0 Å². The minimum Gasteiger partial charge on any atom is -0.396 e. The molecule has 0 spiro atoms. The van der Waals surface area contributed by atoms with Gasteiger partial charge in [0.25, 0.3) is 0 Å². The first-order chi connectivity index (χ1) is 16.2. The zero-order chi connectivity index (χ0) is 25.3. The number of allylic oxidation sites excluding steroid dienone is 4. The fourth-order valence-electron chi connectivity index (χ4n) is 3.09. The summed E-state index contributed by atoms with van der Waals surface area (Å²) in [6.45, 7) is 4.66. The average Bonchev–Trinajstić information content (AvgIpc) is 3.32. The van der Waals surface area contributed by atoms with E-state index in [1.54, 1.807) is 23.1 Å². The summed E-state index contributed by atoms with van der Waals surface area (Å²) in [5.41, 5.74) is 3.61. The molecule has 1 aromatic carbocycles. The van der Waals surface area contributed by atoms with E-state index < -0.39 is 46.4 Å². The Labute approximate surface area is 195 Å². The second kappa shape index (κ2) is 12.4. The third-order valence-corrected chi connectivity index (χ3v) is 4.86. The summed E-state index contributed by atoms with van der Waals surface area (Å²) in [4.78, 5) is 12.9. The maximum atomic E-state index is 15.1. The van der Waals surface area contributed by atoms with Gasteiger partial charge in [-0.25, -0.2) is 13.2 Å². The Kier molecular flexibility index (Phi) is 9.57. The Morgan fingerprint density at radius 3 is 2.59 bits per heavy atom. The number of hydrogen-bond acceptors (Lipinski definition) is 5. The van der Waals surface area contributed by atoms with Gasteiger partial charge in [-0.2, -0.15) is 5.10 Å². The number of rotatable bonds is 11. The Morgan fingerprint density at radius 2 is 2.03 bits per heavy atom. The molecule has 2 rings (SSSR count). The molecule has 0 saturated carbocycles. The number of aliphatic hydroxyl groups excluding tert-OH is 1. The molecule has 5 N–H and O–H groups in total. The van der Waals surface area contributed by atoms with Crippen LogP contribution in [0.15, 0.2) is 90.0 Å². The normalized spacial score (nSPS) is 14.1. The summed E-state index contributed by atoms with van der Waals surface area (Å²) in [6.07, 6.45) is 5.43. The molecule has 0 fully saturated rings. The van der Waals surface area contributed by atoms with E-state index in [2.05, 4.69) is 17.0 Å². The number of nitrogens with zero attached hydrogens (tertiary/aromatic N) is 2. The second-order valence-corrected chi connectivity index (χ2v) is 7.27. The molecule has 1 atom stereocenters. The van der Waals surface area contributed by atoms with Gasteiger partial charge >= 0.3 is 0 Å². The predicted molar refractivity (Wildman–Crippen MR) is 123 cm³/mol. The molecule has 34 heavy (non-hydrogen) atoms. The summed E-state index contributed by atoms with van der Waals surface area (Å²) < 4.78 is 44.7. The highest BCUT2D eigenvalue weighted by Gasteiger charge is 2.24. The lowest BCUT2D eigenvalue weighted by Gasteiger charge is -2.20. The Bertz CT molecular complexity index is 1120. The highest BCUT2D eigenvalue weighted by Crippen LogP contribution is 2.26. The smallest absolute Gasteiger partial charge is 0.247 e. The highest BCUT2D eigenvalue weighted by molar-refractivity contribution is 6.10. The van der Waals surface area contributed by atoms with Crippen molar-refractivity contribution in [1.82, 2.24) is 15.1 Å². The van der Waals surface area contributed by atoms with Gasteiger partial charge in [-0.1, -0.05) is 12.7 Å². The van der Waals surface area contributed by atoms with Crippen LogP contribution in [0.1, 0.15) is 18.9 Å². The molecule has 0 aliphatic heterocycles. The molecular weight excluding hydrogens is 447 g/mol. The molecule has 0 bridgehead atoms. The third kappa shape index (κ3) is 6.79. The van der Waals surface area contributed by atoms with Crippen LogP contribution >= 0.6 is 0 Å². The summed E-state index contributed by atoms with van der Waals surface area (Å²) in [7, 11) is 0. The molecule has 0 aliphatic carbocycles. The van der Waals surface area contributed by atoms with Crippen molar-refractivity contribution in [2.75, 3.05) is 6.61 Å². The Hall–Kier alpha value is -3.92. The van der Waals surface area contributed by atoms with E-state index in [9.17, 15) is 18.7 Å². The first-order valence-electron chi connectivity index (χ1n) is 10.3. The van der Waals surface area contributed by atoms with Gasteiger partial charge in [0.1, 0.15) is 11.6 Å². The predicted octanol–water partition coefficient (Wildman–Crippen LogP) is 3.45. The number of aliphatic hydroxyl groups is 1. The fourth-order valence-corrected chi connectivity index (χ4v) is 3.09. The first kappa shape index (κ1) is 26.3. The van der Waals surface area contributed by atoms with Crippen molar-refractivity contribution in [3.8, 4) is 0 Å². The molecule has 180 valence electrons.